The summed E-state index contributed by atoms with van der Waals surface area (Å²) >= 11 is 0. The van der Waals surface area contributed by atoms with Crippen LogP contribution in [0.2, 0.25) is 0 Å². The Balaban J connectivity index is -0.00000000750. The van der Waals surface area contributed by atoms with E-state index in [1.54, 1.807) is 0 Å². The van der Waals surface area contributed by atoms with Crippen molar-refractivity contribution in [3.8, 4) is 0 Å². The van der Waals surface area contributed by atoms with E-state index in [1.807, 2.05) is 0 Å². The maximum atomic E-state index is 7.17. The van der Waals surface area contributed by atoms with Crippen molar-refractivity contribution in [3.63, 3.8) is 0 Å². The first-order chi connectivity index (χ1) is 1.73. The Kier molecular flexibility index (Phi) is 109. The van der Waals surface area contributed by atoms with Crippen LogP contribution in [0.25, 0.3) is 0 Å². The number of rotatable bonds is 0. The SMILES string of the molecule is O.O.O.OB(O)O.[Er]. The summed E-state index contributed by atoms with van der Waals surface area (Å²) in [4.78, 5) is 0. The van der Waals surface area contributed by atoms with E-state index in [1.165, 1.54) is 0 Å². The molecule has 0 aliphatic rings. The van der Waals surface area contributed by atoms with Gasteiger partial charge < -0.3 is 31.5 Å². The van der Waals surface area contributed by atoms with Gasteiger partial charge in [0, 0.05) is 37.3 Å². The van der Waals surface area contributed by atoms with Gasteiger partial charge in [-0.15, -0.1) is 0 Å². The van der Waals surface area contributed by atoms with Crippen molar-refractivity contribution < 1.29 is 68.8 Å². The van der Waals surface area contributed by atoms with E-state index in [0.717, 1.165) is 0 Å². The van der Waals surface area contributed by atoms with Crippen LogP contribution in [0.3, 0.4) is 0 Å². The molecule has 0 aliphatic heterocycles. The van der Waals surface area contributed by atoms with Crippen molar-refractivity contribution in [2.75, 3.05) is 0 Å². The summed E-state index contributed by atoms with van der Waals surface area (Å²) in [6.07, 6.45) is 0. The molecule has 6 nitrogen and oxygen atoms in total. The minimum absolute atomic E-state index is 0. The molecule has 8 heavy (non-hydrogen) atoms. The summed E-state index contributed by atoms with van der Waals surface area (Å²) in [6.45, 7) is 0. The molecule has 0 aromatic carbocycles. The topological polar surface area (TPSA) is 155 Å². The molecular weight excluding hydrogens is 274 g/mol. The van der Waals surface area contributed by atoms with Gasteiger partial charge in [-0.05, 0) is 0 Å². The predicted molar refractivity (Wildman–Crippen MR) is 23.3 cm³/mol. The van der Waals surface area contributed by atoms with E-state index in [0.29, 0.717) is 0 Å². The van der Waals surface area contributed by atoms with Crippen LogP contribution < -0.4 is 0 Å². The second kappa shape index (κ2) is 24.3. The Labute approximate surface area is 75.8 Å². The Morgan fingerprint density at radius 2 is 0.750 bits per heavy atom. The standard InChI is InChI=1S/BH3O3.Er.3H2O/c2-1(3)4;;;;/h2-4H;;3*1H2. The van der Waals surface area contributed by atoms with Crippen molar-refractivity contribution in [1.29, 1.82) is 0 Å². The van der Waals surface area contributed by atoms with Gasteiger partial charge in [-0.25, -0.2) is 0 Å². The van der Waals surface area contributed by atoms with E-state index in [4.69, 9.17) is 15.1 Å². The Morgan fingerprint density at radius 1 is 0.750 bits per heavy atom. The molecule has 0 heterocycles. The van der Waals surface area contributed by atoms with Crippen molar-refractivity contribution in [3.05, 3.63) is 0 Å². The van der Waals surface area contributed by atoms with Gasteiger partial charge in [-0.3, -0.25) is 0 Å². The van der Waals surface area contributed by atoms with Crippen LogP contribution in [0.1, 0.15) is 0 Å². The third-order valence-electron chi connectivity index (χ3n) is 0. The number of hydrogen-bond acceptors (Lipinski definition) is 3. The van der Waals surface area contributed by atoms with Crippen LogP contribution >= 0.6 is 0 Å². The minimum atomic E-state index is -2.17. The maximum absolute atomic E-state index is 7.17. The van der Waals surface area contributed by atoms with Crippen LogP contribution in [0.5, 0.6) is 0 Å². The Hall–Kier alpha value is 1.07. The van der Waals surface area contributed by atoms with Crippen LogP contribution in [0.4, 0.5) is 0 Å². The molecule has 0 saturated heterocycles. The monoisotopic (exact) mass is 282 g/mol. The van der Waals surface area contributed by atoms with Crippen LogP contribution in [-0.2, 0) is 0 Å². The molecule has 0 aromatic heterocycles. The fourth-order valence-electron chi connectivity index (χ4n) is 0. The quantitative estimate of drug-likeness (QED) is 0.383. The molecule has 60 valence electrons. The Bertz CT molecular complexity index is 13.2. The predicted octanol–water partition coefficient (Wildman–Crippen LogP) is -4.53. The fraction of sp³-hybridized carbons (Fsp3) is 0. The molecule has 0 spiro atoms. The van der Waals surface area contributed by atoms with Crippen molar-refractivity contribution in [2.24, 2.45) is 0 Å². The summed E-state index contributed by atoms with van der Waals surface area (Å²) < 4.78 is 0. The smallest absolute Gasteiger partial charge is 0.412 e. The molecule has 0 aliphatic carbocycles. The van der Waals surface area contributed by atoms with Crippen molar-refractivity contribution in [1.82, 2.24) is 0 Å². The molecule has 0 fully saturated rings. The Morgan fingerprint density at radius 3 is 0.750 bits per heavy atom. The average Bonchev–Trinajstić information content (AvgIpc) is 0.811. The van der Waals surface area contributed by atoms with E-state index >= 15 is 0 Å². The summed E-state index contributed by atoms with van der Waals surface area (Å²) in [5.74, 6) is 0. The van der Waals surface area contributed by atoms with Gasteiger partial charge in [0.05, 0.1) is 0 Å². The third kappa shape index (κ3) is 227. The minimum Gasteiger partial charge on any atom is -0.412 e. The first-order valence-corrected chi connectivity index (χ1v) is 0.775. The van der Waals surface area contributed by atoms with Crippen LogP contribution in [0, 0.1) is 37.3 Å². The van der Waals surface area contributed by atoms with E-state index in [-0.39, 0.29) is 53.7 Å². The molecule has 0 saturated carbocycles. The average molecular weight is 283 g/mol. The van der Waals surface area contributed by atoms with E-state index < -0.39 is 7.32 Å². The molecular formula is H9BErO6. The van der Waals surface area contributed by atoms with Gasteiger partial charge in [-0.1, -0.05) is 0 Å². The first kappa shape index (κ1) is 35.7. The van der Waals surface area contributed by atoms with E-state index in [9.17, 15) is 0 Å². The van der Waals surface area contributed by atoms with Crippen molar-refractivity contribution in [2.45, 2.75) is 0 Å². The normalized spacial score (nSPS) is 3.38. The summed E-state index contributed by atoms with van der Waals surface area (Å²) in [7, 11) is -2.17. The molecule has 0 atom stereocenters. The number of hydrogen-bond donors (Lipinski definition) is 3. The molecule has 0 aromatic rings. The van der Waals surface area contributed by atoms with Gasteiger partial charge in [0.2, 0.25) is 0 Å². The van der Waals surface area contributed by atoms with Crippen molar-refractivity contribution >= 4 is 7.32 Å². The zero-order valence-electron chi connectivity index (χ0n) is 3.71. The molecule has 0 rings (SSSR count). The fourth-order valence-corrected chi connectivity index (χ4v) is 0. The third-order valence-corrected chi connectivity index (χ3v) is 0. The molecule has 8 heteroatoms. The van der Waals surface area contributed by atoms with Gasteiger partial charge in [-0.2, -0.15) is 0 Å². The summed E-state index contributed by atoms with van der Waals surface area (Å²) in [6, 6.07) is 0. The molecule has 9 N–H and O–H groups in total. The second-order valence-corrected chi connectivity index (χ2v) is 0.346. The maximum Gasteiger partial charge on any atom is 0.631 e. The zero-order valence-corrected chi connectivity index (χ0v) is 5.56. The molecule has 0 radical (unpaired) electrons. The second-order valence-electron chi connectivity index (χ2n) is 0.346. The molecule has 0 bridgehead atoms. The van der Waals surface area contributed by atoms with E-state index in [2.05, 4.69) is 0 Å². The summed E-state index contributed by atoms with van der Waals surface area (Å²) in [5, 5.41) is 21.5. The van der Waals surface area contributed by atoms with Crippen LogP contribution in [-0.4, -0.2) is 38.8 Å². The summed E-state index contributed by atoms with van der Waals surface area (Å²) in [5.41, 5.74) is 0. The largest absolute Gasteiger partial charge is 0.631 e. The van der Waals surface area contributed by atoms with Gasteiger partial charge in [0.25, 0.3) is 0 Å². The molecule has 0 amide bonds. The first-order valence-electron chi connectivity index (χ1n) is 0.775. The van der Waals surface area contributed by atoms with Gasteiger partial charge in [0.15, 0.2) is 0 Å². The zero-order chi connectivity index (χ0) is 3.58. The molecule has 0 unspecified atom stereocenters. The van der Waals surface area contributed by atoms with Crippen LogP contribution in [0.15, 0.2) is 0 Å². The van der Waals surface area contributed by atoms with Gasteiger partial charge in [0.1, 0.15) is 0 Å². The van der Waals surface area contributed by atoms with Gasteiger partial charge >= 0.3 is 7.32 Å².